The summed E-state index contributed by atoms with van der Waals surface area (Å²) < 4.78 is 5.28. The molecule has 0 unspecified atom stereocenters. The van der Waals surface area contributed by atoms with Crippen LogP contribution in [-0.4, -0.2) is 10.2 Å². The van der Waals surface area contributed by atoms with Gasteiger partial charge in [0.15, 0.2) is 0 Å². The van der Waals surface area contributed by atoms with E-state index in [0.717, 1.165) is 18.0 Å². The van der Waals surface area contributed by atoms with Crippen molar-refractivity contribution in [1.29, 1.82) is 0 Å². The van der Waals surface area contributed by atoms with E-state index in [-0.39, 0.29) is 6.04 Å². The predicted octanol–water partition coefficient (Wildman–Crippen LogP) is 1.85. The lowest BCUT2D eigenvalue weighted by molar-refractivity contribution is 0.428. The maximum absolute atomic E-state index is 5.28. The number of furan rings is 1. The summed E-state index contributed by atoms with van der Waals surface area (Å²) in [7, 11) is 0. The summed E-state index contributed by atoms with van der Waals surface area (Å²) in [6, 6.07) is 6.02. The fourth-order valence-electron chi connectivity index (χ4n) is 1.28. The van der Waals surface area contributed by atoms with Crippen molar-refractivity contribution < 1.29 is 4.42 Å². The van der Waals surface area contributed by atoms with Gasteiger partial charge < -0.3 is 9.73 Å². The highest BCUT2D eigenvalue weighted by atomic mass is 16.3. The summed E-state index contributed by atoms with van der Waals surface area (Å²) in [4.78, 5) is 0. The molecule has 2 aromatic heterocycles. The monoisotopic (exact) mass is 191 g/mol. The van der Waals surface area contributed by atoms with Crippen molar-refractivity contribution >= 4 is 0 Å². The van der Waals surface area contributed by atoms with E-state index in [1.807, 2.05) is 18.2 Å². The highest BCUT2D eigenvalue weighted by molar-refractivity contribution is 5.04. The highest BCUT2D eigenvalue weighted by Crippen LogP contribution is 2.12. The zero-order chi connectivity index (χ0) is 9.80. The third-order valence-corrected chi connectivity index (χ3v) is 2.13. The van der Waals surface area contributed by atoms with Gasteiger partial charge in [-0.05, 0) is 25.1 Å². The van der Waals surface area contributed by atoms with Crippen LogP contribution in [0.5, 0.6) is 0 Å². The van der Waals surface area contributed by atoms with Gasteiger partial charge in [-0.1, -0.05) is 0 Å². The minimum atomic E-state index is 0.216. The summed E-state index contributed by atoms with van der Waals surface area (Å²) in [6.45, 7) is 2.83. The molecule has 2 aromatic rings. The lowest BCUT2D eigenvalue weighted by atomic mass is 10.2. The molecule has 0 aliphatic carbocycles. The second-order valence-electron chi connectivity index (χ2n) is 3.20. The van der Waals surface area contributed by atoms with E-state index < -0.39 is 0 Å². The lowest BCUT2D eigenvalue weighted by Crippen LogP contribution is -2.17. The van der Waals surface area contributed by atoms with Gasteiger partial charge in [0.05, 0.1) is 12.3 Å². The molecular formula is C10H13N3O. The van der Waals surface area contributed by atoms with Gasteiger partial charge in [0, 0.05) is 18.4 Å². The number of rotatable bonds is 4. The number of hydrogen-bond donors (Lipinski definition) is 2. The van der Waals surface area contributed by atoms with Crippen LogP contribution in [-0.2, 0) is 6.54 Å². The standard InChI is InChI=1S/C10H13N3O/c1-8(10-3-2-6-14-10)11-7-9-4-5-12-13-9/h2-6,8,11H,7H2,1H3,(H,12,13)/t8-/m1/s1. The third kappa shape index (κ3) is 2.03. The summed E-state index contributed by atoms with van der Waals surface area (Å²) in [5.74, 6) is 0.949. The Morgan fingerprint density at radius 2 is 2.50 bits per heavy atom. The molecule has 2 heterocycles. The molecule has 0 spiro atoms. The molecule has 2 N–H and O–H groups in total. The number of H-pyrrole nitrogens is 1. The fraction of sp³-hybridized carbons (Fsp3) is 0.300. The molecule has 0 radical (unpaired) electrons. The van der Waals surface area contributed by atoms with E-state index in [1.54, 1.807) is 12.5 Å². The van der Waals surface area contributed by atoms with Gasteiger partial charge in [-0.25, -0.2) is 0 Å². The average molecular weight is 191 g/mol. The van der Waals surface area contributed by atoms with Crippen LogP contribution in [0.25, 0.3) is 0 Å². The number of aromatic nitrogens is 2. The molecule has 1 atom stereocenters. The molecule has 4 heteroatoms. The van der Waals surface area contributed by atoms with E-state index >= 15 is 0 Å². The summed E-state index contributed by atoms with van der Waals surface area (Å²) >= 11 is 0. The quantitative estimate of drug-likeness (QED) is 0.775. The molecule has 2 rings (SSSR count). The Morgan fingerprint density at radius 3 is 3.14 bits per heavy atom. The number of nitrogens with one attached hydrogen (secondary N) is 2. The van der Waals surface area contributed by atoms with Crippen LogP contribution in [0.1, 0.15) is 24.4 Å². The summed E-state index contributed by atoms with van der Waals surface area (Å²) in [6.07, 6.45) is 3.43. The summed E-state index contributed by atoms with van der Waals surface area (Å²) in [5, 5.41) is 10.1. The van der Waals surface area contributed by atoms with Crippen molar-refractivity contribution in [1.82, 2.24) is 15.5 Å². The van der Waals surface area contributed by atoms with Gasteiger partial charge in [-0.15, -0.1) is 0 Å². The molecule has 0 aliphatic rings. The molecule has 14 heavy (non-hydrogen) atoms. The van der Waals surface area contributed by atoms with Crippen LogP contribution in [0.15, 0.2) is 35.1 Å². The van der Waals surface area contributed by atoms with Gasteiger partial charge >= 0.3 is 0 Å². The maximum atomic E-state index is 5.28. The largest absolute Gasteiger partial charge is 0.468 e. The second kappa shape index (κ2) is 4.11. The molecule has 0 fully saturated rings. The van der Waals surface area contributed by atoms with Crippen LogP contribution in [0.4, 0.5) is 0 Å². The zero-order valence-electron chi connectivity index (χ0n) is 8.03. The number of aromatic amines is 1. The Hall–Kier alpha value is -1.55. The van der Waals surface area contributed by atoms with Crippen LogP contribution in [0.2, 0.25) is 0 Å². The highest BCUT2D eigenvalue weighted by Gasteiger charge is 2.06. The van der Waals surface area contributed by atoms with Crippen LogP contribution in [0.3, 0.4) is 0 Å². The minimum Gasteiger partial charge on any atom is -0.468 e. The molecule has 0 bridgehead atoms. The first kappa shape index (κ1) is 9.02. The van der Waals surface area contributed by atoms with Crippen molar-refractivity contribution in [3.8, 4) is 0 Å². The van der Waals surface area contributed by atoms with Crippen LogP contribution in [0, 0.1) is 0 Å². The van der Waals surface area contributed by atoms with Gasteiger partial charge in [0.1, 0.15) is 5.76 Å². The van der Waals surface area contributed by atoms with Crippen molar-refractivity contribution in [3.05, 3.63) is 42.1 Å². The van der Waals surface area contributed by atoms with E-state index in [1.165, 1.54) is 0 Å². The minimum absolute atomic E-state index is 0.216. The predicted molar refractivity (Wildman–Crippen MR) is 52.6 cm³/mol. The summed E-state index contributed by atoms with van der Waals surface area (Å²) in [5.41, 5.74) is 1.07. The SMILES string of the molecule is C[C@@H](NCc1ccn[nH]1)c1ccco1. The maximum Gasteiger partial charge on any atom is 0.120 e. The van der Waals surface area contributed by atoms with Crippen LogP contribution < -0.4 is 5.32 Å². The average Bonchev–Trinajstić information content (AvgIpc) is 2.87. The van der Waals surface area contributed by atoms with Crippen molar-refractivity contribution in [3.63, 3.8) is 0 Å². The van der Waals surface area contributed by atoms with Gasteiger partial charge in [-0.3, -0.25) is 5.10 Å². The van der Waals surface area contributed by atoms with Gasteiger partial charge in [-0.2, -0.15) is 5.10 Å². The first-order valence-electron chi connectivity index (χ1n) is 4.61. The molecule has 0 amide bonds. The normalized spacial score (nSPS) is 12.9. The smallest absolute Gasteiger partial charge is 0.120 e. The molecule has 0 aromatic carbocycles. The topological polar surface area (TPSA) is 53.9 Å². The van der Waals surface area contributed by atoms with E-state index in [0.29, 0.717) is 0 Å². The first-order valence-corrected chi connectivity index (χ1v) is 4.61. The van der Waals surface area contributed by atoms with Crippen molar-refractivity contribution in [2.45, 2.75) is 19.5 Å². The fourth-order valence-corrected chi connectivity index (χ4v) is 1.28. The van der Waals surface area contributed by atoms with E-state index in [2.05, 4.69) is 22.4 Å². The Bertz CT molecular complexity index is 353. The number of hydrogen-bond acceptors (Lipinski definition) is 3. The Labute approximate surface area is 82.3 Å². The number of nitrogens with zero attached hydrogens (tertiary/aromatic N) is 1. The van der Waals surface area contributed by atoms with E-state index in [4.69, 9.17) is 4.42 Å². The van der Waals surface area contributed by atoms with Crippen molar-refractivity contribution in [2.24, 2.45) is 0 Å². The van der Waals surface area contributed by atoms with Crippen LogP contribution >= 0.6 is 0 Å². The first-order chi connectivity index (χ1) is 6.86. The zero-order valence-corrected chi connectivity index (χ0v) is 8.03. The molecular weight excluding hydrogens is 178 g/mol. The van der Waals surface area contributed by atoms with Gasteiger partial charge in [0.2, 0.25) is 0 Å². The molecule has 0 aliphatic heterocycles. The molecule has 4 nitrogen and oxygen atoms in total. The third-order valence-electron chi connectivity index (χ3n) is 2.13. The molecule has 74 valence electrons. The Balaban J connectivity index is 1.87. The Kier molecular flexibility index (Phi) is 2.65. The van der Waals surface area contributed by atoms with Gasteiger partial charge in [0.25, 0.3) is 0 Å². The van der Waals surface area contributed by atoms with E-state index in [9.17, 15) is 0 Å². The second-order valence-corrected chi connectivity index (χ2v) is 3.20. The Morgan fingerprint density at radius 1 is 1.57 bits per heavy atom. The molecule has 0 saturated heterocycles. The lowest BCUT2D eigenvalue weighted by Gasteiger charge is -2.09. The van der Waals surface area contributed by atoms with Crippen molar-refractivity contribution in [2.75, 3.05) is 0 Å². The molecule has 0 saturated carbocycles.